The molecule has 7 heteroatoms. The van der Waals surface area contributed by atoms with Gasteiger partial charge in [-0.2, -0.15) is 0 Å². The number of piperazine rings is 1. The fourth-order valence-corrected chi connectivity index (χ4v) is 3.56. The summed E-state index contributed by atoms with van der Waals surface area (Å²) >= 11 is 0. The van der Waals surface area contributed by atoms with Gasteiger partial charge < -0.3 is 25.2 Å². The predicted octanol–water partition coefficient (Wildman–Crippen LogP) is 2.34. The quantitative estimate of drug-likeness (QED) is 0.461. The molecule has 0 saturated carbocycles. The van der Waals surface area contributed by atoms with Gasteiger partial charge in [0.25, 0.3) is 0 Å². The highest BCUT2D eigenvalue weighted by atomic mass is 16.5. The van der Waals surface area contributed by atoms with Gasteiger partial charge >= 0.3 is 0 Å². The van der Waals surface area contributed by atoms with Crippen LogP contribution in [0.2, 0.25) is 0 Å². The van der Waals surface area contributed by atoms with E-state index in [1.165, 1.54) is 0 Å². The molecule has 1 aromatic heterocycles. The van der Waals surface area contributed by atoms with Gasteiger partial charge in [0.15, 0.2) is 5.96 Å². The number of aromatic nitrogens is 1. The van der Waals surface area contributed by atoms with Gasteiger partial charge in [-0.15, -0.1) is 0 Å². The van der Waals surface area contributed by atoms with Crippen LogP contribution in [-0.2, 0) is 11.3 Å². The number of nitrogens with one attached hydrogen (secondary N) is 2. The van der Waals surface area contributed by atoms with Crippen molar-refractivity contribution in [1.29, 1.82) is 0 Å². The van der Waals surface area contributed by atoms with Crippen LogP contribution in [0.3, 0.4) is 0 Å². The summed E-state index contributed by atoms with van der Waals surface area (Å²) in [5.41, 5.74) is 1.15. The van der Waals surface area contributed by atoms with Gasteiger partial charge in [-0.05, 0) is 37.4 Å². The maximum Gasteiger partial charge on any atom is 0.191 e. The van der Waals surface area contributed by atoms with Crippen molar-refractivity contribution in [2.24, 2.45) is 10.9 Å². The number of hydrogen-bond donors (Lipinski definition) is 2. The Kier molecular flexibility index (Phi) is 10.2. The lowest BCUT2D eigenvalue weighted by Gasteiger charge is -2.34. The maximum absolute atomic E-state index is 5.81. The lowest BCUT2D eigenvalue weighted by Crippen LogP contribution is -2.46. The number of anilines is 1. The third-order valence-corrected chi connectivity index (χ3v) is 5.48. The summed E-state index contributed by atoms with van der Waals surface area (Å²) in [6.07, 6.45) is 3.21. The fourth-order valence-electron chi connectivity index (χ4n) is 3.56. The molecule has 2 rings (SSSR count). The lowest BCUT2D eigenvalue weighted by atomic mass is 10.0. The second-order valence-corrected chi connectivity index (χ2v) is 7.82. The van der Waals surface area contributed by atoms with Gasteiger partial charge in [-0.1, -0.05) is 26.8 Å². The molecule has 0 bridgehead atoms. The molecule has 29 heavy (non-hydrogen) atoms. The van der Waals surface area contributed by atoms with E-state index in [9.17, 15) is 0 Å². The second kappa shape index (κ2) is 12.6. The average molecular weight is 405 g/mol. The van der Waals surface area contributed by atoms with E-state index in [1.54, 1.807) is 7.05 Å². The van der Waals surface area contributed by atoms with Crippen LogP contribution >= 0.6 is 0 Å². The Morgan fingerprint density at radius 1 is 1.17 bits per heavy atom. The molecular formula is C22H40N6O. The fraction of sp³-hybridized carbons (Fsp3) is 0.727. The minimum absolute atomic E-state index is 0.279. The molecule has 0 aliphatic carbocycles. The number of aliphatic imine (C=N–C) groups is 1. The number of nitrogens with zero attached hydrogens (tertiary/aromatic N) is 4. The highest BCUT2D eigenvalue weighted by Crippen LogP contribution is 2.14. The van der Waals surface area contributed by atoms with Crippen molar-refractivity contribution >= 4 is 11.8 Å². The van der Waals surface area contributed by atoms with Crippen LogP contribution in [0.5, 0.6) is 0 Å². The van der Waals surface area contributed by atoms with Gasteiger partial charge in [0, 0.05) is 59.1 Å². The summed E-state index contributed by atoms with van der Waals surface area (Å²) < 4.78 is 5.81. The van der Waals surface area contributed by atoms with Crippen LogP contribution in [0.4, 0.5) is 5.82 Å². The molecule has 164 valence electrons. The Morgan fingerprint density at radius 2 is 1.93 bits per heavy atom. The molecule has 1 saturated heterocycles. The van der Waals surface area contributed by atoms with E-state index in [1.807, 2.05) is 13.1 Å². The summed E-state index contributed by atoms with van der Waals surface area (Å²) in [4.78, 5) is 13.8. The third kappa shape index (κ3) is 7.82. The molecule has 0 amide bonds. The van der Waals surface area contributed by atoms with Gasteiger partial charge in [0.05, 0.1) is 6.10 Å². The summed E-state index contributed by atoms with van der Waals surface area (Å²) in [6, 6.07) is 4.28. The molecule has 1 atom stereocenters. The summed E-state index contributed by atoms with van der Waals surface area (Å²) in [5, 5.41) is 6.75. The molecule has 0 radical (unpaired) electrons. The average Bonchev–Trinajstić information content (AvgIpc) is 2.75. The molecule has 0 spiro atoms. The normalized spacial score (nSPS) is 16.9. The highest BCUT2D eigenvalue weighted by molar-refractivity contribution is 5.79. The zero-order chi connectivity index (χ0) is 21.1. The van der Waals surface area contributed by atoms with Gasteiger partial charge in [-0.25, -0.2) is 4.98 Å². The molecule has 1 unspecified atom stereocenters. The van der Waals surface area contributed by atoms with Crippen LogP contribution in [0.25, 0.3) is 0 Å². The largest absolute Gasteiger partial charge is 0.378 e. The van der Waals surface area contributed by atoms with E-state index in [-0.39, 0.29) is 6.10 Å². The molecule has 2 heterocycles. The lowest BCUT2D eigenvalue weighted by molar-refractivity contribution is 0.0258. The molecule has 7 nitrogen and oxygen atoms in total. The van der Waals surface area contributed by atoms with E-state index in [0.717, 1.165) is 69.6 Å². The minimum atomic E-state index is 0.279. The molecule has 1 aliphatic rings. The van der Waals surface area contributed by atoms with Crippen molar-refractivity contribution in [3.05, 3.63) is 23.9 Å². The van der Waals surface area contributed by atoms with Crippen LogP contribution in [0.15, 0.2) is 23.3 Å². The molecule has 1 fully saturated rings. The Morgan fingerprint density at radius 3 is 2.48 bits per heavy atom. The van der Waals surface area contributed by atoms with E-state index in [4.69, 9.17) is 4.74 Å². The Hall–Kier alpha value is -1.86. The molecule has 0 aromatic carbocycles. The maximum atomic E-state index is 5.81. The first-order chi connectivity index (χ1) is 14.1. The summed E-state index contributed by atoms with van der Waals surface area (Å²) in [5.74, 6) is 2.40. The van der Waals surface area contributed by atoms with Crippen LogP contribution in [-0.4, -0.2) is 74.9 Å². The van der Waals surface area contributed by atoms with Gasteiger partial charge in [0.2, 0.25) is 0 Å². The van der Waals surface area contributed by atoms with Crippen molar-refractivity contribution in [3.8, 4) is 0 Å². The van der Waals surface area contributed by atoms with E-state index < -0.39 is 0 Å². The SMILES string of the molecule is CCOC(CCNC(=NC)NCc1ccc(N2CCN(CC)CC2)nc1)C(C)C. The number of guanidine groups is 1. The second-order valence-electron chi connectivity index (χ2n) is 7.82. The highest BCUT2D eigenvalue weighted by Gasteiger charge is 2.16. The zero-order valence-corrected chi connectivity index (χ0v) is 18.9. The standard InChI is InChI=1S/C22H40N6O/c1-6-27-12-14-28(15-13-27)21-9-8-19(16-25-21)17-26-22(23-5)24-11-10-20(18(3)4)29-7-2/h8-9,16,18,20H,6-7,10-15,17H2,1-5H3,(H2,23,24,26). The Bertz CT molecular complexity index is 596. The first-order valence-corrected chi connectivity index (χ1v) is 11.1. The number of pyridine rings is 1. The van der Waals surface area contributed by atoms with Crippen molar-refractivity contribution in [2.75, 3.05) is 57.8 Å². The van der Waals surface area contributed by atoms with E-state index in [0.29, 0.717) is 12.5 Å². The Labute approximate surface area is 176 Å². The smallest absolute Gasteiger partial charge is 0.191 e. The first-order valence-electron chi connectivity index (χ1n) is 11.1. The van der Waals surface area contributed by atoms with Crippen LogP contribution in [0, 0.1) is 5.92 Å². The van der Waals surface area contributed by atoms with Crippen LogP contribution in [0.1, 0.15) is 39.7 Å². The third-order valence-electron chi connectivity index (χ3n) is 5.48. The van der Waals surface area contributed by atoms with Crippen molar-refractivity contribution in [3.63, 3.8) is 0 Å². The Balaban J connectivity index is 1.75. The first kappa shape index (κ1) is 23.4. The van der Waals surface area contributed by atoms with Crippen molar-refractivity contribution in [2.45, 2.75) is 46.8 Å². The van der Waals surface area contributed by atoms with Gasteiger partial charge in [0.1, 0.15) is 5.82 Å². The zero-order valence-electron chi connectivity index (χ0n) is 18.9. The monoisotopic (exact) mass is 404 g/mol. The molecule has 2 N–H and O–H groups in total. The topological polar surface area (TPSA) is 65.0 Å². The minimum Gasteiger partial charge on any atom is -0.378 e. The predicted molar refractivity (Wildman–Crippen MR) is 122 cm³/mol. The molecule has 1 aliphatic heterocycles. The number of likely N-dealkylation sites (N-methyl/N-ethyl adjacent to an activating group) is 1. The van der Waals surface area contributed by atoms with Crippen LogP contribution < -0.4 is 15.5 Å². The number of ether oxygens (including phenoxy) is 1. The summed E-state index contributed by atoms with van der Waals surface area (Å²) in [7, 11) is 1.80. The van der Waals surface area contributed by atoms with Crippen molar-refractivity contribution < 1.29 is 4.74 Å². The number of hydrogen-bond acceptors (Lipinski definition) is 5. The van der Waals surface area contributed by atoms with E-state index in [2.05, 4.69) is 63.3 Å². The molecule has 1 aromatic rings. The number of rotatable bonds is 10. The van der Waals surface area contributed by atoms with Gasteiger partial charge in [-0.3, -0.25) is 4.99 Å². The molecular weight excluding hydrogens is 364 g/mol. The van der Waals surface area contributed by atoms with Crippen molar-refractivity contribution in [1.82, 2.24) is 20.5 Å². The summed E-state index contributed by atoms with van der Waals surface area (Å²) in [6.45, 7) is 16.4. The van der Waals surface area contributed by atoms with E-state index >= 15 is 0 Å².